The number of hydrogen-bond donors (Lipinski definition) is 0. The molecule has 0 unspecified atom stereocenters. The van der Waals surface area contributed by atoms with Crippen molar-refractivity contribution >= 4 is 22.0 Å². The van der Waals surface area contributed by atoms with Crippen LogP contribution in [0.5, 0.6) is 5.75 Å². The largest absolute Gasteiger partial charge is 0.573 e. The molecule has 0 aliphatic heterocycles. The number of hydrogen-bond acceptors (Lipinski definition) is 1. The van der Waals surface area contributed by atoms with E-state index in [0.29, 0.717) is 5.56 Å². The van der Waals surface area contributed by atoms with E-state index in [-0.39, 0.29) is 5.75 Å². The molecule has 0 bridgehead atoms. The summed E-state index contributed by atoms with van der Waals surface area (Å²) in [7, 11) is 0. The second-order valence-electron chi connectivity index (χ2n) is 2.86. The lowest BCUT2D eigenvalue weighted by molar-refractivity contribution is -0.274. The van der Waals surface area contributed by atoms with Crippen LogP contribution in [0.15, 0.2) is 23.2 Å². The van der Waals surface area contributed by atoms with Gasteiger partial charge in [0, 0.05) is 0 Å². The van der Waals surface area contributed by atoms with E-state index < -0.39 is 6.36 Å². The van der Waals surface area contributed by atoms with Crippen molar-refractivity contribution in [2.75, 3.05) is 0 Å². The second kappa shape index (κ2) is 4.70. The van der Waals surface area contributed by atoms with Crippen molar-refractivity contribution in [2.45, 2.75) is 13.3 Å². The molecule has 1 aromatic carbocycles. The predicted molar refractivity (Wildman–Crippen MR) is 55.8 cm³/mol. The summed E-state index contributed by atoms with van der Waals surface area (Å²) in [5, 5.41) is 0. The maximum Gasteiger partial charge on any atom is 0.573 e. The molecule has 1 aromatic rings. The molecule has 0 aromatic heterocycles. The van der Waals surface area contributed by atoms with Crippen LogP contribution < -0.4 is 4.74 Å². The summed E-state index contributed by atoms with van der Waals surface area (Å²) in [5.74, 6) is -0.214. The van der Waals surface area contributed by atoms with Gasteiger partial charge >= 0.3 is 6.36 Å². The van der Waals surface area contributed by atoms with Crippen LogP contribution in [0.25, 0.3) is 6.08 Å². The second-order valence-corrected chi connectivity index (χ2v) is 3.39. The standard InChI is InChI=1S/C10H8BrF3O/c1-7-2-3-9(15-10(12,13)14)6-8(7)4-5-11/h2-6H,1H3/b5-4+. The van der Waals surface area contributed by atoms with Crippen molar-refractivity contribution < 1.29 is 17.9 Å². The highest BCUT2D eigenvalue weighted by Gasteiger charge is 2.31. The van der Waals surface area contributed by atoms with Gasteiger partial charge in [-0.2, -0.15) is 0 Å². The van der Waals surface area contributed by atoms with Crippen LogP contribution in [-0.2, 0) is 0 Å². The van der Waals surface area contributed by atoms with Crippen LogP contribution in [0.2, 0.25) is 0 Å². The van der Waals surface area contributed by atoms with Gasteiger partial charge in [0.15, 0.2) is 0 Å². The monoisotopic (exact) mass is 280 g/mol. The average molecular weight is 281 g/mol. The molecule has 0 aliphatic carbocycles. The van der Waals surface area contributed by atoms with E-state index in [1.165, 1.54) is 12.1 Å². The molecule has 0 radical (unpaired) electrons. The normalized spacial score (nSPS) is 12.1. The van der Waals surface area contributed by atoms with Gasteiger partial charge in [0.05, 0.1) is 0 Å². The van der Waals surface area contributed by atoms with E-state index in [2.05, 4.69) is 20.7 Å². The Morgan fingerprint density at radius 3 is 2.53 bits per heavy atom. The van der Waals surface area contributed by atoms with Gasteiger partial charge in [0.1, 0.15) is 5.75 Å². The molecule has 15 heavy (non-hydrogen) atoms. The highest BCUT2D eigenvalue weighted by Crippen LogP contribution is 2.25. The van der Waals surface area contributed by atoms with Gasteiger partial charge in [-0.15, -0.1) is 13.2 Å². The SMILES string of the molecule is Cc1ccc(OC(F)(F)F)cc1/C=C/Br. The molecule has 82 valence electrons. The van der Waals surface area contributed by atoms with Crippen molar-refractivity contribution in [3.05, 3.63) is 34.3 Å². The Kier molecular flexibility index (Phi) is 3.79. The maximum atomic E-state index is 11.9. The summed E-state index contributed by atoms with van der Waals surface area (Å²) in [6.07, 6.45) is -3.00. The molecule has 0 amide bonds. The third-order valence-electron chi connectivity index (χ3n) is 1.73. The first-order valence-corrected chi connectivity index (χ1v) is 4.97. The van der Waals surface area contributed by atoms with Crippen molar-refractivity contribution in [3.8, 4) is 5.75 Å². The Hall–Kier alpha value is -0.970. The van der Waals surface area contributed by atoms with E-state index in [1.54, 1.807) is 24.1 Å². The number of benzene rings is 1. The minimum absolute atomic E-state index is 0.214. The molecule has 0 fully saturated rings. The van der Waals surface area contributed by atoms with E-state index in [9.17, 15) is 13.2 Å². The van der Waals surface area contributed by atoms with Gasteiger partial charge in [-0.25, -0.2) is 0 Å². The third kappa shape index (κ3) is 3.95. The summed E-state index contributed by atoms with van der Waals surface area (Å²) < 4.78 is 39.5. The lowest BCUT2D eigenvalue weighted by atomic mass is 10.1. The molecule has 1 rings (SSSR count). The van der Waals surface area contributed by atoms with E-state index in [1.807, 2.05) is 0 Å². The zero-order valence-electron chi connectivity index (χ0n) is 7.81. The minimum Gasteiger partial charge on any atom is -0.406 e. The van der Waals surface area contributed by atoms with E-state index in [4.69, 9.17) is 0 Å². The fourth-order valence-electron chi connectivity index (χ4n) is 1.06. The lowest BCUT2D eigenvalue weighted by Gasteiger charge is -2.10. The van der Waals surface area contributed by atoms with Gasteiger partial charge in [-0.3, -0.25) is 0 Å². The molecule has 0 heterocycles. The minimum atomic E-state index is -4.65. The van der Waals surface area contributed by atoms with Gasteiger partial charge < -0.3 is 4.74 Å². The summed E-state index contributed by atoms with van der Waals surface area (Å²) in [6.45, 7) is 1.81. The van der Waals surface area contributed by atoms with Gasteiger partial charge in [-0.05, 0) is 41.2 Å². The molecule has 0 saturated heterocycles. The number of halogens is 4. The van der Waals surface area contributed by atoms with Gasteiger partial charge in [0.25, 0.3) is 0 Å². The predicted octanol–water partition coefficient (Wildman–Crippen LogP) is 4.26. The van der Waals surface area contributed by atoms with Crippen LogP contribution in [0.1, 0.15) is 11.1 Å². The fourth-order valence-corrected chi connectivity index (χ4v) is 1.35. The summed E-state index contributed by atoms with van der Waals surface area (Å²) >= 11 is 3.06. The Morgan fingerprint density at radius 2 is 2.00 bits per heavy atom. The van der Waals surface area contributed by atoms with Crippen molar-refractivity contribution in [3.63, 3.8) is 0 Å². The summed E-state index contributed by atoms with van der Waals surface area (Å²) in [4.78, 5) is 1.58. The molecule has 0 aliphatic rings. The highest BCUT2D eigenvalue weighted by atomic mass is 79.9. The smallest absolute Gasteiger partial charge is 0.406 e. The summed E-state index contributed by atoms with van der Waals surface area (Å²) in [6, 6.07) is 4.19. The average Bonchev–Trinajstić information content (AvgIpc) is 2.09. The number of ether oxygens (including phenoxy) is 1. The Labute approximate surface area is 93.7 Å². The third-order valence-corrected chi connectivity index (χ3v) is 1.99. The first-order valence-electron chi connectivity index (χ1n) is 4.05. The molecule has 1 nitrogen and oxygen atoms in total. The number of alkyl halides is 3. The molecule has 0 N–H and O–H groups in total. The van der Waals surface area contributed by atoms with E-state index in [0.717, 1.165) is 5.56 Å². The van der Waals surface area contributed by atoms with Crippen LogP contribution in [0.3, 0.4) is 0 Å². The van der Waals surface area contributed by atoms with Crippen molar-refractivity contribution in [1.29, 1.82) is 0 Å². The quantitative estimate of drug-likeness (QED) is 0.787. The van der Waals surface area contributed by atoms with Crippen LogP contribution in [-0.4, -0.2) is 6.36 Å². The fraction of sp³-hybridized carbons (Fsp3) is 0.200. The molecule has 0 spiro atoms. The lowest BCUT2D eigenvalue weighted by Crippen LogP contribution is -2.17. The summed E-state index contributed by atoms with van der Waals surface area (Å²) in [5.41, 5.74) is 1.55. The van der Waals surface area contributed by atoms with E-state index >= 15 is 0 Å². The number of aryl methyl sites for hydroxylation is 1. The first kappa shape index (κ1) is 12.1. The molecule has 5 heteroatoms. The Morgan fingerprint density at radius 1 is 1.33 bits per heavy atom. The van der Waals surface area contributed by atoms with Crippen LogP contribution in [0, 0.1) is 6.92 Å². The molecule has 0 atom stereocenters. The van der Waals surface area contributed by atoms with Crippen molar-refractivity contribution in [1.82, 2.24) is 0 Å². The highest BCUT2D eigenvalue weighted by molar-refractivity contribution is 9.11. The maximum absolute atomic E-state index is 11.9. The topological polar surface area (TPSA) is 9.23 Å². The van der Waals surface area contributed by atoms with Gasteiger partial charge in [0.2, 0.25) is 0 Å². The molecular formula is C10H8BrF3O. The zero-order chi connectivity index (χ0) is 11.5. The van der Waals surface area contributed by atoms with Gasteiger partial charge in [-0.1, -0.05) is 22.0 Å². The van der Waals surface area contributed by atoms with Crippen molar-refractivity contribution in [2.24, 2.45) is 0 Å². The Bertz CT molecular complexity index is 371. The molecular weight excluding hydrogens is 273 g/mol. The zero-order valence-corrected chi connectivity index (χ0v) is 9.39. The first-order chi connectivity index (χ1) is 6.92. The van der Waals surface area contributed by atoms with Crippen LogP contribution in [0.4, 0.5) is 13.2 Å². The number of rotatable bonds is 2. The van der Waals surface area contributed by atoms with Crippen LogP contribution >= 0.6 is 15.9 Å². The molecule has 0 saturated carbocycles. The Balaban J connectivity index is 2.97.